The first-order chi connectivity index (χ1) is 9.18. The molecular formula is C15H21F3N2. The van der Waals surface area contributed by atoms with Crippen LogP contribution < -0.4 is 4.90 Å². The first kappa shape index (κ1) is 15.1. The van der Waals surface area contributed by atoms with Crippen LogP contribution in [0.2, 0.25) is 0 Å². The van der Waals surface area contributed by atoms with E-state index < -0.39 is 11.7 Å². The Balaban J connectivity index is 2.01. The van der Waals surface area contributed by atoms with Gasteiger partial charge in [-0.2, -0.15) is 13.2 Å². The largest absolute Gasteiger partial charge is 0.417 e. The minimum Gasteiger partial charge on any atom is -0.357 e. The molecule has 0 radical (unpaired) electrons. The Morgan fingerprint density at radius 3 is 2.10 bits per heavy atom. The molecule has 0 spiro atoms. The van der Waals surface area contributed by atoms with Crippen LogP contribution in [-0.4, -0.2) is 18.1 Å². The van der Waals surface area contributed by atoms with Crippen LogP contribution in [0.5, 0.6) is 0 Å². The third-order valence-corrected chi connectivity index (χ3v) is 4.12. The average molecular weight is 286 g/mol. The van der Waals surface area contributed by atoms with Gasteiger partial charge in [-0.1, -0.05) is 20.8 Å². The van der Waals surface area contributed by atoms with E-state index in [0.29, 0.717) is 17.2 Å². The minimum atomic E-state index is -4.31. The monoisotopic (exact) mass is 286 g/mol. The van der Waals surface area contributed by atoms with Crippen molar-refractivity contribution in [3.8, 4) is 0 Å². The SMILES string of the molecule is CC(C)(C)C1CCN(c2ccc(C(F)(F)F)cn2)CC1. The Bertz CT molecular complexity index is 438. The molecular weight excluding hydrogens is 265 g/mol. The van der Waals surface area contributed by atoms with Gasteiger partial charge >= 0.3 is 6.18 Å². The number of pyridine rings is 1. The molecule has 1 saturated heterocycles. The predicted molar refractivity (Wildman–Crippen MR) is 73.6 cm³/mol. The van der Waals surface area contributed by atoms with Crippen LogP contribution >= 0.6 is 0 Å². The number of hydrogen-bond acceptors (Lipinski definition) is 2. The summed E-state index contributed by atoms with van der Waals surface area (Å²) in [5, 5.41) is 0. The highest BCUT2D eigenvalue weighted by Crippen LogP contribution is 2.35. The second-order valence-electron chi connectivity index (χ2n) is 6.53. The highest BCUT2D eigenvalue weighted by molar-refractivity contribution is 5.40. The molecule has 1 aromatic heterocycles. The summed E-state index contributed by atoms with van der Waals surface area (Å²) in [5.41, 5.74) is -0.398. The van der Waals surface area contributed by atoms with E-state index in [1.54, 1.807) is 0 Å². The lowest BCUT2D eigenvalue weighted by atomic mass is 9.75. The molecule has 112 valence electrons. The topological polar surface area (TPSA) is 16.1 Å². The molecule has 5 heteroatoms. The summed E-state index contributed by atoms with van der Waals surface area (Å²) in [6.45, 7) is 8.44. The zero-order chi connectivity index (χ0) is 15.0. The van der Waals surface area contributed by atoms with Crippen LogP contribution in [0.3, 0.4) is 0 Å². The molecule has 1 fully saturated rings. The van der Waals surface area contributed by atoms with Crippen LogP contribution in [0, 0.1) is 11.3 Å². The Hall–Kier alpha value is -1.26. The van der Waals surface area contributed by atoms with E-state index in [0.717, 1.165) is 38.2 Å². The van der Waals surface area contributed by atoms with Gasteiger partial charge < -0.3 is 4.90 Å². The van der Waals surface area contributed by atoms with Crippen LogP contribution in [-0.2, 0) is 6.18 Å². The van der Waals surface area contributed by atoms with E-state index in [-0.39, 0.29) is 0 Å². The third kappa shape index (κ3) is 3.44. The lowest BCUT2D eigenvalue weighted by Gasteiger charge is -2.39. The molecule has 1 aliphatic heterocycles. The summed E-state index contributed by atoms with van der Waals surface area (Å²) in [5.74, 6) is 1.30. The number of halogens is 3. The van der Waals surface area contributed by atoms with Crippen LogP contribution in [0.1, 0.15) is 39.2 Å². The normalized spacial score (nSPS) is 18.4. The molecule has 0 amide bonds. The Morgan fingerprint density at radius 1 is 1.10 bits per heavy atom. The Labute approximate surface area is 118 Å². The Morgan fingerprint density at radius 2 is 1.70 bits per heavy atom. The van der Waals surface area contributed by atoms with Gasteiger partial charge in [0.25, 0.3) is 0 Å². The molecule has 0 aromatic carbocycles. The highest BCUT2D eigenvalue weighted by Gasteiger charge is 2.32. The molecule has 2 heterocycles. The average Bonchev–Trinajstić information content (AvgIpc) is 2.37. The lowest BCUT2D eigenvalue weighted by molar-refractivity contribution is -0.137. The summed E-state index contributed by atoms with van der Waals surface area (Å²) < 4.78 is 37.5. The Kier molecular flexibility index (Phi) is 3.98. The molecule has 0 atom stereocenters. The first-order valence-corrected chi connectivity index (χ1v) is 6.96. The van der Waals surface area contributed by atoms with Crippen molar-refractivity contribution in [1.82, 2.24) is 4.98 Å². The zero-order valence-corrected chi connectivity index (χ0v) is 12.2. The molecule has 0 saturated carbocycles. The van der Waals surface area contributed by atoms with Crippen molar-refractivity contribution in [2.24, 2.45) is 11.3 Å². The second-order valence-corrected chi connectivity index (χ2v) is 6.53. The maximum Gasteiger partial charge on any atom is 0.417 e. The van der Waals surface area contributed by atoms with E-state index in [1.165, 1.54) is 6.07 Å². The van der Waals surface area contributed by atoms with Crippen molar-refractivity contribution < 1.29 is 13.2 Å². The van der Waals surface area contributed by atoms with Crippen LogP contribution in [0.25, 0.3) is 0 Å². The van der Waals surface area contributed by atoms with E-state index in [1.807, 2.05) is 0 Å². The van der Waals surface area contributed by atoms with Crippen molar-refractivity contribution in [3.05, 3.63) is 23.9 Å². The predicted octanol–water partition coefficient (Wildman–Crippen LogP) is 4.36. The standard InChI is InChI=1S/C15H21F3N2/c1-14(2,3)11-6-8-20(9-7-11)13-5-4-12(10-19-13)15(16,17)18/h4-5,10-11H,6-9H2,1-3H3. The van der Waals surface area contributed by atoms with Crippen molar-refractivity contribution >= 4 is 5.82 Å². The van der Waals surface area contributed by atoms with Gasteiger partial charge in [-0.05, 0) is 36.3 Å². The fourth-order valence-electron chi connectivity index (χ4n) is 2.72. The lowest BCUT2D eigenvalue weighted by Crippen LogP contribution is -2.38. The molecule has 0 aliphatic carbocycles. The second kappa shape index (κ2) is 5.26. The van der Waals surface area contributed by atoms with E-state index in [9.17, 15) is 13.2 Å². The molecule has 2 nitrogen and oxygen atoms in total. The fraction of sp³-hybridized carbons (Fsp3) is 0.667. The zero-order valence-electron chi connectivity index (χ0n) is 12.2. The molecule has 0 unspecified atom stereocenters. The number of aromatic nitrogens is 1. The third-order valence-electron chi connectivity index (χ3n) is 4.12. The molecule has 1 aromatic rings. The van der Waals surface area contributed by atoms with Crippen molar-refractivity contribution in [2.45, 2.75) is 39.8 Å². The summed E-state index contributed by atoms with van der Waals surface area (Å²) in [4.78, 5) is 6.03. The van der Waals surface area contributed by atoms with Crippen molar-refractivity contribution in [3.63, 3.8) is 0 Å². The maximum atomic E-state index is 12.5. The van der Waals surface area contributed by atoms with Gasteiger partial charge in [0.05, 0.1) is 5.56 Å². The summed E-state index contributed by atoms with van der Waals surface area (Å²) in [6, 6.07) is 2.58. The van der Waals surface area contributed by atoms with Gasteiger partial charge in [0.2, 0.25) is 0 Å². The summed E-state index contributed by atoms with van der Waals surface area (Å²) >= 11 is 0. The van der Waals surface area contributed by atoms with Gasteiger partial charge in [-0.3, -0.25) is 0 Å². The van der Waals surface area contributed by atoms with Crippen LogP contribution in [0.15, 0.2) is 18.3 Å². The summed E-state index contributed by atoms with van der Waals surface area (Å²) in [7, 11) is 0. The van der Waals surface area contributed by atoms with Crippen LogP contribution in [0.4, 0.5) is 19.0 Å². The van der Waals surface area contributed by atoms with Gasteiger partial charge in [0.15, 0.2) is 0 Å². The van der Waals surface area contributed by atoms with Crippen molar-refractivity contribution in [1.29, 1.82) is 0 Å². The quantitative estimate of drug-likeness (QED) is 0.762. The van der Waals surface area contributed by atoms with Crippen molar-refractivity contribution in [2.75, 3.05) is 18.0 Å². The number of piperidine rings is 1. The number of rotatable bonds is 1. The number of nitrogens with zero attached hydrogens (tertiary/aromatic N) is 2. The maximum absolute atomic E-state index is 12.5. The van der Waals surface area contributed by atoms with E-state index >= 15 is 0 Å². The molecule has 0 bridgehead atoms. The smallest absolute Gasteiger partial charge is 0.357 e. The molecule has 20 heavy (non-hydrogen) atoms. The van der Waals surface area contributed by atoms with Gasteiger partial charge in [0, 0.05) is 19.3 Å². The number of anilines is 1. The van der Waals surface area contributed by atoms with E-state index in [4.69, 9.17) is 0 Å². The van der Waals surface area contributed by atoms with E-state index in [2.05, 4.69) is 30.7 Å². The van der Waals surface area contributed by atoms with Gasteiger partial charge in [-0.15, -0.1) is 0 Å². The molecule has 0 N–H and O–H groups in total. The fourth-order valence-corrected chi connectivity index (χ4v) is 2.72. The molecule has 2 rings (SSSR count). The summed E-state index contributed by atoms with van der Waals surface area (Å²) in [6.07, 6.45) is -1.27. The first-order valence-electron chi connectivity index (χ1n) is 6.96. The van der Waals surface area contributed by atoms with Gasteiger partial charge in [-0.25, -0.2) is 4.98 Å². The number of hydrogen-bond donors (Lipinski definition) is 0. The van der Waals surface area contributed by atoms with Gasteiger partial charge in [0.1, 0.15) is 5.82 Å². The highest BCUT2D eigenvalue weighted by atomic mass is 19.4. The molecule has 1 aliphatic rings. The number of alkyl halides is 3. The minimum absolute atomic E-state index is 0.291.